The summed E-state index contributed by atoms with van der Waals surface area (Å²) in [5.41, 5.74) is 5.47. The first kappa shape index (κ1) is 11.0. The Hall–Kier alpha value is -0.520. The zero-order valence-electron chi connectivity index (χ0n) is 10.7. The predicted octanol–water partition coefficient (Wildman–Crippen LogP) is 4.87. The van der Waals surface area contributed by atoms with Crippen LogP contribution in [-0.4, -0.2) is 0 Å². The summed E-state index contributed by atoms with van der Waals surface area (Å²) in [6, 6.07) is 0. The van der Waals surface area contributed by atoms with Crippen LogP contribution in [0.2, 0.25) is 0 Å². The Morgan fingerprint density at radius 2 is 2.00 bits per heavy atom. The van der Waals surface area contributed by atoms with Gasteiger partial charge in [-0.2, -0.15) is 0 Å². The summed E-state index contributed by atoms with van der Waals surface area (Å²) in [6.07, 6.45) is 9.27. The van der Waals surface area contributed by atoms with Gasteiger partial charge in [-0.05, 0) is 61.5 Å². The highest BCUT2D eigenvalue weighted by molar-refractivity contribution is 5.42. The third-order valence-electron chi connectivity index (χ3n) is 4.22. The van der Waals surface area contributed by atoms with Gasteiger partial charge in [-0.3, -0.25) is 0 Å². The molecule has 0 bridgehead atoms. The molecule has 0 amide bonds. The molecule has 84 valence electrons. The average Bonchev–Trinajstić information content (AvgIpc) is 2.26. The van der Waals surface area contributed by atoms with Gasteiger partial charge < -0.3 is 0 Å². The summed E-state index contributed by atoms with van der Waals surface area (Å²) in [5, 5.41) is 0. The summed E-state index contributed by atoms with van der Waals surface area (Å²) in [5.74, 6) is 0.786. The number of fused-ring (bicyclic) bond motifs is 1. The minimum absolute atomic E-state index is 0.418. The molecule has 0 N–H and O–H groups in total. The van der Waals surface area contributed by atoms with E-state index in [2.05, 4.69) is 33.8 Å². The molecule has 0 saturated carbocycles. The highest BCUT2D eigenvalue weighted by Crippen LogP contribution is 2.46. The molecular formula is C15H24. The van der Waals surface area contributed by atoms with E-state index in [0.29, 0.717) is 5.41 Å². The van der Waals surface area contributed by atoms with Gasteiger partial charge in [-0.1, -0.05) is 32.4 Å². The van der Waals surface area contributed by atoms with Gasteiger partial charge in [0.1, 0.15) is 0 Å². The van der Waals surface area contributed by atoms with Crippen molar-refractivity contribution in [2.75, 3.05) is 0 Å². The fourth-order valence-electron chi connectivity index (χ4n) is 3.13. The van der Waals surface area contributed by atoms with Crippen LogP contribution >= 0.6 is 0 Å². The van der Waals surface area contributed by atoms with E-state index in [0.717, 1.165) is 5.92 Å². The third-order valence-corrected chi connectivity index (χ3v) is 4.22. The fourth-order valence-corrected chi connectivity index (χ4v) is 3.13. The lowest BCUT2D eigenvalue weighted by Gasteiger charge is -2.33. The van der Waals surface area contributed by atoms with Gasteiger partial charge in [0.15, 0.2) is 0 Å². The molecule has 0 nitrogen and oxygen atoms in total. The van der Waals surface area contributed by atoms with Crippen molar-refractivity contribution in [2.45, 2.75) is 59.8 Å². The molecular weight excluding hydrogens is 180 g/mol. The standard InChI is InChI=1S/C15H24/c1-11-7-8-13-12(2)6-5-9-15(3,4)14(13)10-11/h10-11H,5-9H2,1-4H3. The van der Waals surface area contributed by atoms with Crippen LogP contribution in [0.4, 0.5) is 0 Å². The van der Waals surface area contributed by atoms with E-state index < -0.39 is 0 Å². The first-order chi connectivity index (χ1) is 7.00. The van der Waals surface area contributed by atoms with Gasteiger partial charge in [0.05, 0.1) is 0 Å². The van der Waals surface area contributed by atoms with E-state index in [1.54, 1.807) is 16.7 Å². The molecule has 0 aromatic heterocycles. The van der Waals surface area contributed by atoms with Crippen molar-refractivity contribution in [1.82, 2.24) is 0 Å². The molecule has 0 heterocycles. The van der Waals surface area contributed by atoms with Crippen LogP contribution in [0.5, 0.6) is 0 Å². The Kier molecular flexibility index (Phi) is 2.79. The molecule has 2 aliphatic rings. The minimum Gasteiger partial charge on any atom is -0.0776 e. The topological polar surface area (TPSA) is 0 Å². The molecule has 0 heteroatoms. The van der Waals surface area contributed by atoms with Crippen molar-refractivity contribution < 1.29 is 0 Å². The summed E-state index contributed by atoms with van der Waals surface area (Å²) in [4.78, 5) is 0. The smallest absolute Gasteiger partial charge is 0.0104 e. The lowest BCUT2D eigenvalue weighted by molar-refractivity contribution is 0.395. The Bertz CT molecular complexity index is 315. The second-order valence-electron chi connectivity index (χ2n) is 6.09. The van der Waals surface area contributed by atoms with Crippen LogP contribution in [0.3, 0.4) is 0 Å². The largest absolute Gasteiger partial charge is 0.0776 e. The molecule has 0 aliphatic heterocycles. The zero-order valence-corrected chi connectivity index (χ0v) is 10.7. The maximum absolute atomic E-state index is 2.55. The molecule has 0 fully saturated rings. The fraction of sp³-hybridized carbons (Fsp3) is 0.733. The van der Waals surface area contributed by atoms with E-state index >= 15 is 0 Å². The Balaban J connectivity index is 2.47. The lowest BCUT2D eigenvalue weighted by Crippen LogP contribution is -2.19. The molecule has 2 aliphatic carbocycles. The Morgan fingerprint density at radius 3 is 2.73 bits per heavy atom. The monoisotopic (exact) mass is 204 g/mol. The quantitative estimate of drug-likeness (QED) is 0.528. The third kappa shape index (κ3) is 2.04. The van der Waals surface area contributed by atoms with Crippen molar-refractivity contribution in [1.29, 1.82) is 0 Å². The second kappa shape index (κ2) is 3.81. The maximum Gasteiger partial charge on any atom is -0.0104 e. The summed E-state index contributed by atoms with van der Waals surface area (Å²) >= 11 is 0. The van der Waals surface area contributed by atoms with E-state index in [9.17, 15) is 0 Å². The highest BCUT2D eigenvalue weighted by atomic mass is 14.4. The zero-order chi connectivity index (χ0) is 11.1. The SMILES string of the molecule is CC1=C2CCC(C)C=C2C(C)(C)CCC1. The van der Waals surface area contributed by atoms with Gasteiger partial charge in [-0.15, -0.1) is 0 Å². The van der Waals surface area contributed by atoms with Crippen LogP contribution in [0.15, 0.2) is 22.8 Å². The predicted molar refractivity (Wildman–Crippen MR) is 66.8 cm³/mol. The summed E-state index contributed by atoms with van der Waals surface area (Å²) in [7, 11) is 0. The number of rotatable bonds is 0. The molecule has 0 radical (unpaired) electrons. The van der Waals surface area contributed by atoms with Gasteiger partial charge >= 0.3 is 0 Å². The van der Waals surface area contributed by atoms with Crippen LogP contribution in [0, 0.1) is 11.3 Å². The first-order valence-corrected chi connectivity index (χ1v) is 6.42. The van der Waals surface area contributed by atoms with Gasteiger partial charge in [0.2, 0.25) is 0 Å². The Morgan fingerprint density at radius 1 is 1.27 bits per heavy atom. The van der Waals surface area contributed by atoms with Crippen molar-refractivity contribution in [2.24, 2.45) is 11.3 Å². The Labute approximate surface area is 94.5 Å². The number of hydrogen-bond acceptors (Lipinski definition) is 0. The number of hydrogen-bond donors (Lipinski definition) is 0. The first-order valence-electron chi connectivity index (χ1n) is 6.42. The van der Waals surface area contributed by atoms with Gasteiger partial charge in [0, 0.05) is 0 Å². The average molecular weight is 204 g/mol. The molecule has 0 saturated heterocycles. The molecule has 0 aromatic rings. The van der Waals surface area contributed by atoms with Gasteiger partial charge in [-0.25, -0.2) is 0 Å². The lowest BCUT2D eigenvalue weighted by atomic mass is 9.72. The normalized spacial score (nSPS) is 30.7. The summed E-state index contributed by atoms with van der Waals surface area (Å²) < 4.78 is 0. The second-order valence-corrected chi connectivity index (χ2v) is 6.09. The van der Waals surface area contributed by atoms with Crippen LogP contribution < -0.4 is 0 Å². The number of allylic oxidation sites excluding steroid dienone is 4. The van der Waals surface area contributed by atoms with E-state index in [1.807, 2.05) is 0 Å². The minimum atomic E-state index is 0.418. The molecule has 0 aromatic carbocycles. The van der Waals surface area contributed by atoms with Crippen molar-refractivity contribution >= 4 is 0 Å². The van der Waals surface area contributed by atoms with E-state index in [1.165, 1.54) is 32.1 Å². The maximum atomic E-state index is 2.55. The van der Waals surface area contributed by atoms with Gasteiger partial charge in [0.25, 0.3) is 0 Å². The van der Waals surface area contributed by atoms with Crippen molar-refractivity contribution in [3.8, 4) is 0 Å². The van der Waals surface area contributed by atoms with E-state index in [-0.39, 0.29) is 0 Å². The van der Waals surface area contributed by atoms with Crippen LogP contribution in [0.25, 0.3) is 0 Å². The molecule has 0 spiro atoms. The van der Waals surface area contributed by atoms with E-state index in [4.69, 9.17) is 0 Å². The van der Waals surface area contributed by atoms with Crippen molar-refractivity contribution in [3.05, 3.63) is 22.8 Å². The molecule has 1 atom stereocenters. The van der Waals surface area contributed by atoms with Crippen LogP contribution in [-0.2, 0) is 0 Å². The molecule has 1 unspecified atom stereocenters. The molecule has 15 heavy (non-hydrogen) atoms. The van der Waals surface area contributed by atoms with Crippen molar-refractivity contribution in [3.63, 3.8) is 0 Å². The van der Waals surface area contributed by atoms with Crippen LogP contribution in [0.1, 0.15) is 59.8 Å². The highest BCUT2D eigenvalue weighted by Gasteiger charge is 2.31. The molecule has 2 rings (SSSR count). The summed E-state index contributed by atoms with van der Waals surface area (Å²) in [6.45, 7) is 9.56.